The summed E-state index contributed by atoms with van der Waals surface area (Å²) in [6, 6.07) is 9.34. The molecule has 0 radical (unpaired) electrons. The minimum atomic E-state index is -0.618. The molecule has 0 saturated carbocycles. The molecule has 0 atom stereocenters. The predicted octanol–water partition coefficient (Wildman–Crippen LogP) is 5.06. The van der Waals surface area contributed by atoms with Crippen LogP contribution in [0.15, 0.2) is 30.3 Å². The Balaban J connectivity index is 2.12. The smallest absolute Gasteiger partial charge is 0.411 e. The minimum absolute atomic E-state index is 0.106. The number of hydrogen-bond acceptors (Lipinski definition) is 3. The lowest BCUT2D eigenvalue weighted by Gasteiger charge is -2.16. The first-order valence-electron chi connectivity index (χ1n) is 6.56. The summed E-state index contributed by atoms with van der Waals surface area (Å²) in [6.45, 7) is 3.51. The summed E-state index contributed by atoms with van der Waals surface area (Å²) in [5.74, 6) is -0.193. The number of hydrogen-bond donors (Lipinski definition) is 2. The number of carbonyl (C=O) groups is 1. The third kappa shape index (κ3) is 3.46. The number of nitrogens with one attached hydrogen (secondary N) is 1. The molecule has 0 aliphatic rings. The van der Waals surface area contributed by atoms with Gasteiger partial charge in [-0.3, -0.25) is 5.32 Å². The number of phenolic OH excluding ortho intramolecular Hbond substituents is 1. The first-order chi connectivity index (χ1) is 10.4. The second kappa shape index (κ2) is 6.90. The highest BCUT2D eigenvalue weighted by molar-refractivity contribution is 6.38. The van der Waals surface area contributed by atoms with Crippen LogP contribution in [-0.4, -0.2) is 11.2 Å². The molecule has 4 nitrogen and oxygen atoms in total. The fraction of sp³-hybridized carbons (Fsp3) is 0.188. The van der Waals surface area contributed by atoms with E-state index in [0.717, 1.165) is 5.56 Å². The zero-order valence-electron chi connectivity index (χ0n) is 12.1. The third-order valence-electron chi connectivity index (χ3n) is 3.26. The van der Waals surface area contributed by atoms with E-state index in [1.807, 2.05) is 30.3 Å². The van der Waals surface area contributed by atoms with Gasteiger partial charge in [-0.25, -0.2) is 4.79 Å². The molecule has 0 fully saturated rings. The number of halogens is 2. The largest absolute Gasteiger partial charge is 0.505 e. The van der Waals surface area contributed by atoms with E-state index in [9.17, 15) is 9.90 Å². The third-order valence-corrected chi connectivity index (χ3v) is 4.19. The van der Waals surface area contributed by atoms with Crippen molar-refractivity contribution in [2.75, 3.05) is 5.32 Å². The van der Waals surface area contributed by atoms with Crippen LogP contribution in [0, 0.1) is 13.8 Å². The summed E-state index contributed by atoms with van der Waals surface area (Å²) in [5, 5.41) is 12.6. The summed E-state index contributed by atoms with van der Waals surface area (Å²) in [5.41, 5.74) is 2.37. The molecule has 2 aromatic rings. The summed E-state index contributed by atoms with van der Waals surface area (Å²) in [4.78, 5) is 11.9. The summed E-state index contributed by atoms with van der Waals surface area (Å²) >= 11 is 12.0. The standard InChI is InChI=1S/C16H15Cl2NO3/c1-9-12(17)15(20)13(18)10(2)14(9)19-16(21)22-8-11-6-4-3-5-7-11/h3-7,20H,8H2,1-2H3,(H,19,21). The van der Waals surface area contributed by atoms with Gasteiger partial charge in [-0.05, 0) is 30.5 Å². The van der Waals surface area contributed by atoms with Gasteiger partial charge < -0.3 is 9.84 Å². The zero-order valence-corrected chi connectivity index (χ0v) is 13.6. The lowest BCUT2D eigenvalue weighted by Crippen LogP contribution is -2.15. The molecule has 0 unspecified atom stereocenters. The van der Waals surface area contributed by atoms with Crippen molar-refractivity contribution in [1.82, 2.24) is 0 Å². The maximum absolute atomic E-state index is 11.9. The van der Waals surface area contributed by atoms with Crippen molar-refractivity contribution in [3.05, 3.63) is 57.1 Å². The van der Waals surface area contributed by atoms with E-state index in [1.54, 1.807) is 13.8 Å². The van der Waals surface area contributed by atoms with Crippen molar-refractivity contribution in [1.29, 1.82) is 0 Å². The highest BCUT2D eigenvalue weighted by Crippen LogP contribution is 2.42. The Hall–Kier alpha value is -1.91. The predicted molar refractivity (Wildman–Crippen MR) is 87.9 cm³/mol. The average Bonchev–Trinajstić information content (AvgIpc) is 2.54. The molecule has 0 bridgehead atoms. The number of amides is 1. The van der Waals surface area contributed by atoms with Crippen molar-refractivity contribution in [3.8, 4) is 5.75 Å². The van der Waals surface area contributed by atoms with Gasteiger partial charge in [-0.2, -0.15) is 0 Å². The maximum Gasteiger partial charge on any atom is 0.411 e. The van der Waals surface area contributed by atoms with Crippen LogP contribution in [0.3, 0.4) is 0 Å². The van der Waals surface area contributed by atoms with Crippen LogP contribution in [-0.2, 0) is 11.3 Å². The van der Waals surface area contributed by atoms with Crippen LogP contribution < -0.4 is 5.32 Å². The molecule has 116 valence electrons. The van der Waals surface area contributed by atoms with Crippen LogP contribution in [0.4, 0.5) is 10.5 Å². The van der Waals surface area contributed by atoms with Crippen molar-refractivity contribution >= 4 is 35.0 Å². The Morgan fingerprint density at radius 2 is 1.68 bits per heavy atom. The number of anilines is 1. The number of ether oxygens (including phenoxy) is 1. The van der Waals surface area contributed by atoms with E-state index >= 15 is 0 Å². The number of phenols is 1. The molecule has 1 amide bonds. The number of benzene rings is 2. The van der Waals surface area contributed by atoms with Gasteiger partial charge in [0, 0.05) is 0 Å². The molecular weight excluding hydrogens is 325 g/mol. The number of rotatable bonds is 3. The Morgan fingerprint density at radius 1 is 1.14 bits per heavy atom. The van der Waals surface area contributed by atoms with E-state index in [2.05, 4.69) is 5.32 Å². The highest BCUT2D eigenvalue weighted by atomic mass is 35.5. The van der Waals surface area contributed by atoms with Gasteiger partial charge in [0.25, 0.3) is 0 Å². The topological polar surface area (TPSA) is 58.6 Å². The van der Waals surface area contributed by atoms with Crippen LogP contribution in [0.2, 0.25) is 10.0 Å². The second-order valence-electron chi connectivity index (χ2n) is 4.79. The lowest BCUT2D eigenvalue weighted by molar-refractivity contribution is 0.155. The zero-order chi connectivity index (χ0) is 16.3. The Morgan fingerprint density at radius 3 is 2.23 bits per heavy atom. The minimum Gasteiger partial charge on any atom is -0.505 e. The van der Waals surface area contributed by atoms with E-state index in [0.29, 0.717) is 16.8 Å². The first-order valence-corrected chi connectivity index (χ1v) is 7.32. The molecule has 0 aliphatic carbocycles. The van der Waals surface area contributed by atoms with Crippen LogP contribution in [0.25, 0.3) is 0 Å². The van der Waals surface area contributed by atoms with Gasteiger partial charge in [-0.1, -0.05) is 53.5 Å². The number of carbonyl (C=O) groups excluding carboxylic acids is 1. The fourth-order valence-corrected chi connectivity index (χ4v) is 2.43. The van der Waals surface area contributed by atoms with Crippen molar-refractivity contribution in [2.24, 2.45) is 0 Å². The van der Waals surface area contributed by atoms with Gasteiger partial charge >= 0.3 is 6.09 Å². The molecule has 0 saturated heterocycles. The Labute approximate surface area is 138 Å². The van der Waals surface area contributed by atoms with Gasteiger partial charge in [-0.15, -0.1) is 0 Å². The molecular formula is C16H15Cl2NO3. The van der Waals surface area contributed by atoms with E-state index < -0.39 is 6.09 Å². The average molecular weight is 340 g/mol. The second-order valence-corrected chi connectivity index (χ2v) is 5.54. The number of aromatic hydroxyl groups is 1. The van der Waals surface area contributed by atoms with E-state index in [1.165, 1.54) is 0 Å². The molecule has 0 aliphatic heterocycles. The molecule has 0 spiro atoms. The molecule has 2 rings (SSSR count). The monoisotopic (exact) mass is 339 g/mol. The molecule has 2 aromatic carbocycles. The van der Waals surface area contributed by atoms with Crippen molar-refractivity contribution in [2.45, 2.75) is 20.5 Å². The van der Waals surface area contributed by atoms with Crippen molar-refractivity contribution < 1.29 is 14.6 Å². The van der Waals surface area contributed by atoms with Crippen LogP contribution in [0.5, 0.6) is 5.75 Å². The Bertz CT molecular complexity index is 673. The molecule has 22 heavy (non-hydrogen) atoms. The van der Waals surface area contributed by atoms with Gasteiger partial charge in [0.15, 0.2) is 5.75 Å². The Kier molecular flexibility index (Phi) is 5.16. The van der Waals surface area contributed by atoms with Crippen LogP contribution in [0.1, 0.15) is 16.7 Å². The van der Waals surface area contributed by atoms with E-state index in [4.69, 9.17) is 27.9 Å². The maximum atomic E-state index is 11.9. The summed E-state index contributed by atoms with van der Waals surface area (Å²) in [7, 11) is 0. The first kappa shape index (κ1) is 16.5. The molecule has 0 heterocycles. The molecule has 2 N–H and O–H groups in total. The fourth-order valence-electron chi connectivity index (χ4n) is 2.00. The highest BCUT2D eigenvalue weighted by Gasteiger charge is 2.18. The van der Waals surface area contributed by atoms with Crippen molar-refractivity contribution in [3.63, 3.8) is 0 Å². The van der Waals surface area contributed by atoms with Crippen LogP contribution >= 0.6 is 23.2 Å². The summed E-state index contributed by atoms with van der Waals surface area (Å²) < 4.78 is 5.15. The lowest BCUT2D eigenvalue weighted by atomic mass is 10.1. The van der Waals surface area contributed by atoms with E-state index in [-0.39, 0.29) is 22.4 Å². The quantitative estimate of drug-likeness (QED) is 0.768. The normalized spacial score (nSPS) is 10.4. The molecule has 0 aromatic heterocycles. The van der Waals surface area contributed by atoms with Gasteiger partial charge in [0.05, 0.1) is 15.7 Å². The van der Waals surface area contributed by atoms with Gasteiger partial charge in [0.1, 0.15) is 6.61 Å². The van der Waals surface area contributed by atoms with Gasteiger partial charge in [0.2, 0.25) is 0 Å². The SMILES string of the molecule is Cc1c(Cl)c(O)c(Cl)c(C)c1NC(=O)OCc1ccccc1. The summed E-state index contributed by atoms with van der Waals surface area (Å²) in [6.07, 6.45) is -0.618. The molecule has 6 heteroatoms.